The van der Waals surface area contributed by atoms with Crippen molar-refractivity contribution in [2.75, 3.05) is 52.3 Å². The first-order valence-corrected chi connectivity index (χ1v) is 11.5. The number of anilines is 2. The van der Waals surface area contributed by atoms with Crippen LogP contribution in [-0.4, -0.2) is 73.3 Å². The Labute approximate surface area is 195 Å². The first-order chi connectivity index (χ1) is 15.0. The molecule has 1 fully saturated rings. The Kier molecular flexibility index (Phi) is 9.92. The molecule has 0 bridgehead atoms. The number of hydrogen-bond acceptors (Lipinski definition) is 7. The quantitative estimate of drug-likeness (QED) is 0.176. The maximum atomic E-state index is 12.2. The third kappa shape index (κ3) is 9.13. The molecule has 0 aliphatic heterocycles. The molecule has 1 aliphatic carbocycles. The van der Waals surface area contributed by atoms with Crippen LogP contribution >= 0.6 is 11.6 Å². The highest BCUT2D eigenvalue weighted by Crippen LogP contribution is 2.29. The van der Waals surface area contributed by atoms with Crippen LogP contribution in [0.3, 0.4) is 0 Å². The number of quaternary nitrogens is 1. The summed E-state index contributed by atoms with van der Waals surface area (Å²) in [5.74, 6) is -0.0192. The van der Waals surface area contributed by atoms with E-state index in [9.17, 15) is 4.79 Å². The zero-order valence-electron chi connectivity index (χ0n) is 19.4. The van der Waals surface area contributed by atoms with Gasteiger partial charge in [0, 0.05) is 6.54 Å². The van der Waals surface area contributed by atoms with Crippen molar-refractivity contribution in [3.05, 3.63) is 10.8 Å². The number of guanidine groups is 1. The number of unbranched alkanes of at least 4 members (excludes halogenated alkanes) is 1. The molecule has 0 saturated heterocycles. The van der Waals surface area contributed by atoms with Crippen LogP contribution in [0.5, 0.6) is 0 Å². The fraction of sp³-hybridized carbons (Fsp3) is 0.714. The van der Waals surface area contributed by atoms with E-state index in [2.05, 4.69) is 41.4 Å². The van der Waals surface area contributed by atoms with Gasteiger partial charge in [-0.05, 0) is 38.0 Å². The normalized spacial score (nSPS) is 19.7. The molecule has 11 heteroatoms. The van der Waals surface area contributed by atoms with E-state index in [-0.39, 0.29) is 28.4 Å². The molecule has 1 heterocycles. The number of rotatable bonds is 10. The van der Waals surface area contributed by atoms with Crippen molar-refractivity contribution in [2.24, 2.45) is 16.6 Å². The zero-order chi connectivity index (χ0) is 23.7. The number of nitrogens with zero attached hydrogens (tertiary/aromatic N) is 4. The Balaban J connectivity index is 1.61. The third-order valence-corrected chi connectivity index (χ3v) is 5.85. The van der Waals surface area contributed by atoms with E-state index in [1.165, 1.54) is 19.3 Å². The second-order valence-electron chi connectivity index (χ2n) is 9.38. The summed E-state index contributed by atoms with van der Waals surface area (Å²) in [6.07, 6.45) is 8.34. The molecule has 180 valence electrons. The van der Waals surface area contributed by atoms with Crippen LogP contribution < -0.4 is 22.5 Å². The van der Waals surface area contributed by atoms with Gasteiger partial charge >= 0.3 is 0 Å². The van der Waals surface area contributed by atoms with E-state index < -0.39 is 5.91 Å². The van der Waals surface area contributed by atoms with Crippen molar-refractivity contribution in [2.45, 2.75) is 51.0 Å². The van der Waals surface area contributed by atoms with Gasteiger partial charge in [-0.2, -0.15) is 0 Å². The molecule has 2 rings (SSSR count). The molecule has 1 aliphatic rings. The van der Waals surface area contributed by atoms with Gasteiger partial charge < -0.3 is 26.4 Å². The predicted octanol–water partition coefficient (Wildman–Crippen LogP) is 1.79. The molecule has 0 unspecified atom stereocenters. The van der Waals surface area contributed by atoms with Crippen LogP contribution in [0.4, 0.5) is 11.6 Å². The molecular formula is C21H38ClN8O2+. The van der Waals surface area contributed by atoms with Crippen molar-refractivity contribution < 1.29 is 14.0 Å². The highest BCUT2D eigenvalue weighted by molar-refractivity contribution is 6.31. The molecule has 32 heavy (non-hydrogen) atoms. The highest BCUT2D eigenvalue weighted by Gasteiger charge is 2.22. The molecule has 1 amide bonds. The van der Waals surface area contributed by atoms with Gasteiger partial charge in [0.2, 0.25) is 0 Å². The van der Waals surface area contributed by atoms with Crippen molar-refractivity contribution in [1.29, 1.82) is 0 Å². The van der Waals surface area contributed by atoms with E-state index in [1.807, 2.05) is 0 Å². The van der Waals surface area contributed by atoms with E-state index >= 15 is 0 Å². The van der Waals surface area contributed by atoms with Crippen molar-refractivity contribution >= 4 is 35.1 Å². The number of nitrogens with two attached hydrogens (primary N) is 3. The fourth-order valence-electron chi connectivity index (χ4n) is 3.65. The van der Waals surface area contributed by atoms with Crippen molar-refractivity contribution in [3.63, 3.8) is 0 Å². The summed E-state index contributed by atoms with van der Waals surface area (Å²) in [6, 6.07) is 0. The number of carbonyl (C=O) groups excluding carboxylic acids is 1. The molecule has 0 spiro atoms. The Morgan fingerprint density at radius 2 is 1.84 bits per heavy atom. The summed E-state index contributed by atoms with van der Waals surface area (Å²) in [6.45, 7) is 2.41. The summed E-state index contributed by atoms with van der Waals surface area (Å²) >= 11 is 5.79. The molecule has 7 N–H and O–H groups in total. The molecule has 0 aromatic carbocycles. The van der Waals surface area contributed by atoms with Gasteiger partial charge in [0.1, 0.15) is 6.54 Å². The van der Waals surface area contributed by atoms with Crippen LogP contribution in [0.25, 0.3) is 0 Å². The predicted molar refractivity (Wildman–Crippen MR) is 128 cm³/mol. The number of aromatic nitrogens is 2. The van der Waals surface area contributed by atoms with Gasteiger partial charge in [0.15, 0.2) is 28.4 Å². The Morgan fingerprint density at radius 1 is 1.16 bits per heavy atom. The Morgan fingerprint density at radius 3 is 2.50 bits per heavy atom. The molecule has 10 nitrogen and oxygen atoms in total. The molecule has 1 saturated carbocycles. The number of hydrogen-bond donors (Lipinski definition) is 4. The standard InChI is InChI=1S/C21H37ClN8O2/c1-30(2,3)12-13-32-15-9-7-14(8-10-15)6-4-5-11-26-21(25)29-20(31)16-18(23)28-19(24)17(22)27-16/h14-15H,4-13H2,1-3H3,(H6-,23,24,25,26,28,29,31)/p+1. The van der Waals surface area contributed by atoms with E-state index in [1.54, 1.807) is 0 Å². The minimum atomic E-state index is -0.626. The monoisotopic (exact) mass is 469 g/mol. The number of halogens is 1. The average Bonchev–Trinajstić information content (AvgIpc) is 2.70. The number of aliphatic imine (C=N–C) groups is 1. The SMILES string of the molecule is C[N+](C)(C)CCOC1CCC(CCCCN=C(N)NC(=O)c2nc(Cl)c(N)nc2N)CC1. The number of likely N-dealkylation sites (N-methyl/N-ethyl adjacent to an activating group) is 1. The third-order valence-electron chi connectivity index (χ3n) is 5.57. The van der Waals surface area contributed by atoms with Gasteiger partial charge in [-0.3, -0.25) is 15.1 Å². The molecule has 1 aromatic heterocycles. The van der Waals surface area contributed by atoms with Crippen LogP contribution in [0.1, 0.15) is 55.4 Å². The minimum absolute atomic E-state index is 0.00989. The van der Waals surface area contributed by atoms with Gasteiger partial charge in [0.25, 0.3) is 5.91 Å². The summed E-state index contributed by atoms with van der Waals surface area (Å²) in [4.78, 5) is 24.0. The number of ether oxygens (including phenoxy) is 1. The number of nitrogen functional groups attached to an aromatic ring is 2. The summed E-state index contributed by atoms with van der Waals surface area (Å²) in [7, 11) is 6.56. The number of nitrogens with one attached hydrogen (secondary N) is 1. The lowest BCUT2D eigenvalue weighted by atomic mass is 9.84. The van der Waals surface area contributed by atoms with Gasteiger partial charge in [-0.1, -0.05) is 24.4 Å². The lowest BCUT2D eigenvalue weighted by Gasteiger charge is -2.30. The average molecular weight is 470 g/mol. The second kappa shape index (κ2) is 12.2. The minimum Gasteiger partial charge on any atom is -0.382 e. The van der Waals surface area contributed by atoms with E-state index in [0.717, 1.165) is 49.2 Å². The first-order valence-electron chi connectivity index (χ1n) is 11.2. The zero-order valence-corrected chi connectivity index (χ0v) is 20.2. The lowest BCUT2D eigenvalue weighted by molar-refractivity contribution is -0.870. The lowest BCUT2D eigenvalue weighted by Crippen LogP contribution is -2.38. The fourth-order valence-corrected chi connectivity index (χ4v) is 3.78. The smallest absolute Gasteiger partial charge is 0.280 e. The molecule has 0 atom stereocenters. The summed E-state index contributed by atoms with van der Waals surface area (Å²) in [5, 5.41) is 2.35. The maximum Gasteiger partial charge on any atom is 0.280 e. The highest BCUT2D eigenvalue weighted by atomic mass is 35.5. The second-order valence-corrected chi connectivity index (χ2v) is 9.74. The van der Waals surface area contributed by atoms with Gasteiger partial charge in [-0.25, -0.2) is 9.97 Å². The molecular weight excluding hydrogens is 432 g/mol. The van der Waals surface area contributed by atoms with Crippen molar-refractivity contribution in [3.8, 4) is 0 Å². The van der Waals surface area contributed by atoms with Crippen LogP contribution in [-0.2, 0) is 4.74 Å². The van der Waals surface area contributed by atoms with Crippen LogP contribution in [0.2, 0.25) is 5.15 Å². The summed E-state index contributed by atoms with van der Waals surface area (Å²) in [5.41, 5.74) is 16.8. The topological polar surface area (TPSA) is 155 Å². The number of carbonyl (C=O) groups is 1. The Hall–Kier alpha value is -2.17. The Bertz CT molecular complexity index is 789. The first kappa shape index (κ1) is 26.1. The maximum absolute atomic E-state index is 12.2. The summed E-state index contributed by atoms with van der Waals surface area (Å²) < 4.78 is 6.98. The largest absolute Gasteiger partial charge is 0.382 e. The van der Waals surface area contributed by atoms with Crippen LogP contribution in [0, 0.1) is 5.92 Å². The van der Waals surface area contributed by atoms with Crippen LogP contribution in [0.15, 0.2) is 4.99 Å². The van der Waals surface area contributed by atoms with E-state index in [0.29, 0.717) is 12.6 Å². The van der Waals surface area contributed by atoms with Gasteiger partial charge in [0.05, 0.1) is 33.9 Å². The van der Waals surface area contributed by atoms with Crippen molar-refractivity contribution in [1.82, 2.24) is 15.3 Å². The molecule has 0 radical (unpaired) electrons. The van der Waals surface area contributed by atoms with E-state index in [4.69, 9.17) is 33.5 Å². The number of amides is 1. The van der Waals surface area contributed by atoms with Gasteiger partial charge in [-0.15, -0.1) is 0 Å². The molecule has 1 aromatic rings.